The maximum atomic E-state index is 12.5. The molecule has 0 bridgehead atoms. The maximum Gasteiger partial charge on any atom is 0.291 e. The second-order valence-electron chi connectivity index (χ2n) is 6.26. The molecule has 8 nitrogen and oxygen atoms in total. The summed E-state index contributed by atoms with van der Waals surface area (Å²) in [5, 5.41) is 11.4. The Morgan fingerprint density at radius 1 is 1.10 bits per heavy atom. The van der Waals surface area contributed by atoms with E-state index in [1.165, 1.54) is 0 Å². The molecule has 8 heteroatoms. The number of benzene rings is 2. The molecule has 0 fully saturated rings. The topological polar surface area (TPSA) is 114 Å². The minimum Gasteiger partial charge on any atom is -0.491 e. The molecule has 0 aliphatic heterocycles. The van der Waals surface area contributed by atoms with Crippen molar-refractivity contribution in [2.24, 2.45) is 0 Å². The predicted molar refractivity (Wildman–Crippen MR) is 109 cm³/mol. The number of nitrogens with one attached hydrogen (secondary N) is 2. The number of carbonyl (C=O) groups is 2. The summed E-state index contributed by atoms with van der Waals surface area (Å²) >= 11 is 0. The average molecular weight is 397 g/mol. The van der Waals surface area contributed by atoms with Crippen molar-refractivity contribution in [3.8, 4) is 5.75 Å². The van der Waals surface area contributed by atoms with Crippen LogP contribution >= 0.6 is 0 Å². The Balaban J connectivity index is 1.60. The first-order valence-electron chi connectivity index (χ1n) is 9.36. The largest absolute Gasteiger partial charge is 0.491 e. The van der Waals surface area contributed by atoms with E-state index in [0.717, 1.165) is 0 Å². The van der Waals surface area contributed by atoms with Gasteiger partial charge in [0.1, 0.15) is 12.4 Å². The number of aliphatic hydroxyl groups is 1. The lowest BCUT2D eigenvalue weighted by molar-refractivity contribution is 0.0705. The molecule has 3 N–H and O–H groups in total. The fourth-order valence-corrected chi connectivity index (χ4v) is 2.70. The van der Waals surface area contributed by atoms with Crippen LogP contribution in [-0.2, 0) is 4.74 Å². The Kier molecular flexibility index (Phi) is 6.94. The van der Waals surface area contributed by atoms with Gasteiger partial charge in [0.15, 0.2) is 11.6 Å². The zero-order valence-corrected chi connectivity index (χ0v) is 16.1. The summed E-state index contributed by atoms with van der Waals surface area (Å²) < 4.78 is 10.6. The average Bonchev–Trinajstić information content (AvgIpc) is 3.18. The SMILES string of the molecule is CCC(=O)c1ccc2nc(C(=O)Nc3ccc(OCCOCCO)cc3)[nH]c2c1. The molecule has 0 saturated carbocycles. The molecule has 0 spiro atoms. The number of carbonyl (C=O) groups excluding carboxylic acids is 2. The molecule has 2 aromatic carbocycles. The van der Waals surface area contributed by atoms with Crippen LogP contribution in [0, 0.1) is 0 Å². The summed E-state index contributed by atoms with van der Waals surface area (Å²) in [5.74, 6) is 0.473. The van der Waals surface area contributed by atoms with Crippen molar-refractivity contribution in [3.63, 3.8) is 0 Å². The molecular weight excluding hydrogens is 374 g/mol. The number of Topliss-reactive ketones (excluding diaryl/α,β-unsaturated/α-hetero) is 1. The third-order valence-electron chi connectivity index (χ3n) is 4.18. The Morgan fingerprint density at radius 2 is 1.90 bits per heavy atom. The normalized spacial score (nSPS) is 10.8. The van der Waals surface area contributed by atoms with E-state index in [9.17, 15) is 9.59 Å². The van der Waals surface area contributed by atoms with Crippen LogP contribution in [0.15, 0.2) is 42.5 Å². The van der Waals surface area contributed by atoms with E-state index in [4.69, 9.17) is 14.6 Å². The zero-order valence-electron chi connectivity index (χ0n) is 16.1. The molecule has 0 atom stereocenters. The molecule has 0 unspecified atom stereocenters. The third kappa shape index (κ3) is 5.40. The summed E-state index contributed by atoms with van der Waals surface area (Å²) in [6.45, 7) is 2.83. The van der Waals surface area contributed by atoms with Gasteiger partial charge in [0, 0.05) is 17.7 Å². The number of fused-ring (bicyclic) bond motifs is 1. The van der Waals surface area contributed by atoms with Crippen LogP contribution in [0.1, 0.15) is 34.3 Å². The van der Waals surface area contributed by atoms with E-state index in [2.05, 4.69) is 15.3 Å². The van der Waals surface area contributed by atoms with E-state index in [1.807, 2.05) is 0 Å². The van der Waals surface area contributed by atoms with E-state index in [1.54, 1.807) is 49.4 Å². The number of imidazole rings is 1. The molecule has 152 valence electrons. The standard InChI is InChI=1S/C21H23N3O5/c1-2-19(26)14-3-8-17-18(13-14)24-20(23-17)21(27)22-15-4-6-16(7-5-15)29-12-11-28-10-9-25/h3-8,13,25H,2,9-12H2,1H3,(H,22,27)(H,23,24). The van der Waals surface area contributed by atoms with Crippen LogP contribution in [0.25, 0.3) is 11.0 Å². The lowest BCUT2D eigenvalue weighted by Crippen LogP contribution is -2.13. The summed E-state index contributed by atoms with van der Waals surface area (Å²) in [4.78, 5) is 31.6. The van der Waals surface area contributed by atoms with Crippen molar-refractivity contribution < 1.29 is 24.2 Å². The predicted octanol–water partition coefficient (Wildman–Crippen LogP) is 2.80. The van der Waals surface area contributed by atoms with Gasteiger partial charge in [-0.15, -0.1) is 0 Å². The van der Waals surface area contributed by atoms with Gasteiger partial charge in [0.05, 0.1) is 30.9 Å². The van der Waals surface area contributed by atoms with Gasteiger partial charge in [-0.05, 0) is 42.5 Å². The molecule has 0 aliphatic rings. The maximum absolute atomic E-state index is 12.5. The second kappa shape index (κ2) is 9.81. The lowest BCUT2D eigenvalue weighted by atomic mass is 10.1. The number of ether oxygens (including phenoxy) is 2. The van der Waals surface area contributed by atoms with Crippen LogP contribution in [0.4, 0.5) is 5.69 Å². The first-order chi connectivity index (χ1) is 14.1. The first kappa shape index (κ1) is 20.5. The quantitative estimate of drug-likeness (QED) is 0.358. The Bertz CT molecular complexity index is 982. The number of amides is 1. The molecule has 3 aromatic rings. The van der Waals surface area contributed by atoms with E-state index >= 15 is 0 Å². The number of rotatable bonds is 10. The third-order valence-corrected chi connectivity index (χ3v) is 4.18. The van der Waals surface area contributed by atoms with Crippen molar-refractivity contribution in [1.82, 2.24) is 9.97 Å². The Hall–Kier alpha value is -3.23. The lowest BCUT2D eigenvalue weighted by Gasteiger charge is -2.08. The molecule has 1 amide bonds. The molecule has 1 aromatic heterocycles. The molecule has 0 saturated heterocycles. The molecule has 0 aliphatic carbocycles. The fraction of sp³-hybridized carbons (Fsp3) is 0.286. The van der Waals surface area contributed by atoms with Gasteiger partial charge in [-0.25, -0.2) is 4.98 Å². The van der Waals surface area contributed by atoms with E-state index in [-0.39, 0.29) is 30.7 Å². The Morgan fingerprint density at radius 3 is 2.62 bits per heavy atom. The number of ketones is 1. The molecule has 0 radical (unpaired) electrons. The van der Waals surface area contributed by atoms with Gasteiger partial charge in [0.25, 0.3) is 5.91 Å². The number of nitrogens with zero attached hydrogens (tertiary/aromatic N) is 1. The number of aliphatic hydroxyl groups excluding tert-OH is 1. The van der Waals surface area contributed by atoms with Gasteiger partial charge in [-0.1, -0.05) is 6.92 Å². The van der Waals surface area contributed by atoms with E-state index < -0.39 is 0 Å². The summed E-state index contributed by atoms with van der Waals surface area (Å²) in [6, 6.07) is 12.1. The van der Waals surface area contributed by atoms with Crippen molar-refractivity contribution in [2.45, 2.75) is 13.3 Å². The van der Waals surface area contributed by atoms with Crippen molar-refractivity contribution >= 4 is 28.4 Å². The summed E-state index contributed by atoms with van der Waals surface area (Å²) in [5.41, 5.74) is 2.45. The smallest absolute Gasteiger partial charge is 0.291 e. The van der Waals surface area contributed by atoms with Gasteiger partial charge in [-0.2, -0.15) is 0 Å². The van der Waals surface area contributed by atoms with Crippen molar-refractivity contribution in [3.05, 3.63) is 53.9 Å². The highest BCUT2D eigenvalue weighted by Gasteiger charge is 2.13. The summed E-state index contributed by atoms with van der Waals surface area (Å²) in [6.07, 6.45) is 0.419. The van der Waals surface area contributed by atoms with Crippen LogP contribution < -0.4 is 10.1 Å². The Labute approximate surface area is 167 Å². The van der Waals surface area contributed by atoms with Crippen LogP contribution in [-0.4, -0.2) is 53.2 Å². The molecule has 1 heterocycles. The molecule has 3 rings (SSSR count). The van der Waals surface area contributed by atoms with E-state index in [0.29, 0.717) is 47.7 Å². The van der Waals surface area contributed by atoms with Crippen molar-refractivity contribution in [1.29, 1.82) is 0 Å². The fourth-order valence-electron chi connectivity index (χ4n) is 2.70. The molecular formula is C21H23N3O5. The number of hydrogen-bond acceptors (Lipinski definition) is 6. The highest BCUT2D eigenvalue weighted by atomic mass is 16.5. The second-order valence-corrected chi connectivity index (χ2v) is 6.26. The number of aromatic amines is 1. The van der Waals surface area contributed by atoms with Gasteiger partial charge >= 0.3 is 0 Å². The highest BCUT2D eigenvalue weighted by molar-refractivity contribution is 6.04. The zero-order chi connectivity index (χ0) is 20.6. The number of aromatic nitrogens is 2. The first-order valence-corrected chi connectivity index (χ1v) is 9.36. The number of anilines is 1. The molecule has 29 heavy (non-hydrogen) atoms. The minimum absolute atomic E-state index is 0.0162. The number of H-pyrrole nitrogens is 1. The monoisotopic (exact) mass is 397 g/mol. The van der Waals surface area contributed by atoms with Crippen LogP contribution in [0.2, 0.25) is 0 Å². The van der Waals surface area contributed by atoms with Gasteiger partial charge < -0.3 is 24.9 Å². The summed E-state index contributed by atoms with van der Waals surface area (Å²) in [7, 11) is 0. The minimum atomic E-state index is -0.379. The van der Waals surface area contributed by atoms with Crippen molar-refractivity contribution in [2.75, 3.05) is 31.7 Å². The number of hydrogen-bond donors (Lipinski definition) is 3. The van der Waals surface area contributed by atoms with Crippen LogP contribution in [0.3, 0.4) is 0 Å². The van der Waals surface area contributed by atoms with Gasteiger partial charge in [0.2, 0.25) is 0 Å². The van der Waals surface area contributed by atoms with Crippen LogP contribution in [0.5, 0.6) is 5.75 Å². The van der Waals surface area contributed by atoms with Gasteiger partial charge in [-0.3, -0.25) is 9.59 Å². The highest BCUT2D eigenvalue weighted by Crippen LogP contribution is 2.18.